The summed E-state index contributed by atoms with van der Waals surface area (Å²) in [4.78, 5) is 25.3. The first-order valence-electron chi connectivity index (χ1n) is 21.2. The van der Waals surface area contributed by atoms with Crippen LogP contribution in [0.5, 0.6) is 0 Å². The summed E-state index contributed by atoms with van der Waals surface area (Å²) in [7, 11) is -4.59. The van der Waals surface area contributed by atoms with E-state index < -0.39 is 71.2 Å². The Morgan fingerprint density at radius 3 is 1.56 bits per heavy atom. The standard InChI is InChI=1S/C41H76O12S/c1-3-5-7-9-11-13-15-16-17-18-20-21-23-25-27-29-36(42)50-31-34(52-37(43)30-28-26-24-22-19-14-12-10-8-6-4-2)32-51-41-40(46)39(45)38(44)35(53-41)33-54(47,48)49/h13,15,34-35,38-41,44-46H,3-12,14,16-33H2,1-2H3,(H,47,48,49)/b15-13+/t34-,35-,38-,39?,40?,41+/m1/s1. The first kappa shape index (κ1) is 50.4. The molecule has 2 unspecified atom stereocenters. The van der Waals surface area contributed by atoms with Crippen LogP contribution in [0.4, 0.5) is 0 Å². The lowest BCUT2D eigenvalue weighted by Crippen LogP contribution is -2.60. The Hall–Kier alpha value is -1.61. The Morgan fingerprint density at radius 2 is 1.06 bits per heavy atom. The number of aliphatic hydroxyl groups excluding tert-OH is 3. The van der Waals surface area contributed by atoms with Crippen molar-refractivity contribution < 1.29 is 56.8 Å². The van der Waals surface area contributed by atoms with Gasteiger partial charge in [-0.3, -0.25) is 14.1 Å². The van der Waals surface area contributed by atoms with Crippen LogP contribution >= 0.6 is 0 Å². The van der Waals surface area contributed by atoms with E-state index in [4.69, 9.17) is 18.9 Å². The number of allylic oxidation sites excluding steroid dienone is 2. The SMILES string of the molecule is CCCCCC/C=C/CCCCCCCCCC(=O)OC[C@H](CO[C@H]1O[C@H](CS(=O)(=O)O)[C@@H](O)C(O)C1O)OC(=O)CCCCCCCCCCCCC. The molecule has 0 bridgehead atoms. The van der Waals surface area contributed by atoms with Gasteiger partial charge in [0.25, 0.3) is 10.1 Å². The molecule has 1 heterocycles. The average Bonchev–Trinajstić information content (AvgIpc) is 3.13. The molecule has 0 amide bonds. The third kappa shape index (κ3) is 27.1. The second-order valence-electron chi connectivity index (χ2n) is 15.0. The number of aliphatic hydroxyl groups is 3. The minimum Gasteiger partial charge on any atom is -0.462 e. The molecular weight excluding hydrogens is 717 g/mol. The Kier molecular flexibility index (Phi) is 30.3. The van der Waals surface area contributed by atoms with E-state index in [1.165, 1.54) is 96.3 Å². The summed E-state index contributed by atoms with van der Waals surface area (Å²) in [6.07, 6.45) is 22.6. The minimum atomic E-state index is -4.59. The first-order chi connectivity index (χ1) is 26.0. The highest BCUT2D eigenvalue weighted by Gasteiger charge is 2.46. The lowest BCUT2D eigenvalue weighted by molar-refractivity contribution is -0.297. The lowest BCUT2D eigenvalue weighted by atomic mass is 10.00. The van der Waals surface area contributed by atoms with Crippen LogP contribution in [-0.4, -0.2) is 96.0 Å². The Morgan fingerprint density at radius 1 is 0.611 bits per heavy atom. The van der Waals surface area contributed by atoms with Crippen LogP contribution in [0.1, 0.15) is 181 Å². The van der Waals surface area contributed by atoms with E-state index in [2.05, 4.69) is 26.0 Å². The highest BCUT2D eigenvalue weighted by Crippen LogP contribution is 2.24. The zero-order valence-electron chi connectivity index (χ0n) is 33.6. The fourth-order valence-electron chi connectivity index (χ4n) is 6.49. The molecule has 6 atom stereocenters. The number of rotatable bonds is 35. The maximum Gasteiger partial charge on any atom is 0.306 e. The molecule has 12 nitrogen and oxygen atoms in total. The molecule has 1 fully saturated rings. The van der Waals surface area contributed by atoms with E-state index in [0.29, 0.717) is 12.8 Å². The van der Waals surface area contributed by atoms with E-state index in [1.807, 2.05) is 0 Å². The summed E-state index contributed by atoms with van der Waals surface area (Å²) in [5.41, 5.74) is 0. The van der Waals surface area contributed by atoms with Gasteiger partial charge in [-0.2, -0.15) is 8.42 Å². The normalized spacial score (nSPS) is 21.0. The highest BCUT2D eigenvalue weighted by molar-refractivity contribution is 7.85. The molecule has 1 saturated heterocycles. The van der Waals surface area contributed by atoms with Crippen LogP contribution in [0.25, 0.3) is 0 Å². The monoisotopic (exact) mass is 793 g/mol. The summed E-state index contributed by atoms with van der Waals surface area (Å²) in [6, 6.07) is 0. The molecule has 1 aliphatic rings. The molecule has 54 heavy (non-hydrogen) atoms. The topological polar surface area (TPSA) is 186 Å². The van der Waals surface area contributed by atoms with Gasteiger partial charge in [0.15, 0.2) is 12.4 Å². The van der Waals surface area contributed by atoms with Gasteiger partial charge in [0.2, 0.25) is 0 Å². The summed E-state index contributed by atoms with van der Waals surface area (Å²) in [5.74, 6) is -1.98. The van der Waals surface area contributed by atoms with Gasteiger partial charge < -0.3 is 34.3 Å². The minimum absolute atomic E-state index is 0.168. The third-order valence-electron chi connectivity index (χ3n) is 9.85. The fourth-order valence-corrected chi connectivity index (χ4v) is 7.19. The molecule has 0 aliphatic carbocycles. The Balaban J connectivity index is 2.47. The van der Waals surface area contributed by atoms with Crippen molar-refractivity contribution in [2.75, 3.05) is 19.0 Å². The van der Waals surface area contributed by atoms with E-state index >= 15 is 0 Å². The van der Waals surface area contributed by atoms with Gasteiger partial charge in [0.1, 0.15) is 36.8 Å². The number of carbonyl (C=O) groups excluding carboxylic acids is 2. The van der Waals surface area contributed by atoms with Crippen molar-refractivity contribution in [3.05, 3.63) is 12.2 Å². The number of unbranched alkanes of at least 4 members (excludes halogenated alkanes) is 21. The second kappa shape index (κ2) is 32.5. The predicted molar refractivity (Wildman–Crippen MR) is 210 cm³/mol. The Bertz CT molecular complexity index is 1070. The van der Waals surface area contributed by atoms with E-state index in [-0.39, 0.29) is 19.4 Å². The van der Waals surface area contributed by atoms with Gasteiger partial charge in [-0.1, -0.05) is 142 Å². The van der Waals surface area contributed by atoms with Crippen LogP contribution in [-0.2, 0) is 38.7 Å². The molecule has 1 rings (SSSR count). The molecule has 1 aliphatic heterocycles. The van der Waals surface area contributed by atoms with Crippen LogP contribution in [0, 0.1) is 0 Å². The molecule has 13 heteroatoms. The molecule has 318 valence electrons. The van der Waals surface area contributed by atoms with Gasteiger partial charge >= 0.3 is 11.9 Å². The molecule has 0 aromatic heterocycles. The second-order valence-corrected chi connectivity index (χ2v) is 16.5. The quantitative estimate of drug-likeness (QED) is 0.0211. The zero-order valence-corrected chi connectivity index (χ0v) is 34.4. The van der Waals surface area contributed by atoms with Crippen molar-refractivity contribution in [1.82, 2.24) is 0 Å². The predicted octanol–water partition coefficient (Wildman–Crippen LogP) is 7.89. The van der Waals surface area contributed by atoms with E-state index in [1.54, 1.807) is 0 Å². The van der Waals surface area contributed by atoms with Gasteiger partial charge in [0, 0.05) is 12.8 Å². The molecule has 0 saturated carbocycles. The maximum absolute atomic E-state index is 12.7. The number of esters is 2. The van der Waals surface area contributed by atoms with Crippen molar-refractivity contribution in [2.24, 2.45) is 0 Å². The van der Waals surface area contributed by atoms with E-state index in [9.17, 15) is 37.9 Å². The highest BCUT2D eigenvalue weighted by atomic mass is 32.2. The molecule has 0 radical (unpaired) electrons. The Labute approximate surface area is 326 Å². The zero-order chi connectivity index (χ0) is 39.9. The average molecular weight is 793 g/mol. The number of carbonyl (C=O) groups is 2. The van der Waals surface area contributed by atoms with Crippen molar-refractivity contribution in [3.8, 4) is 0 Å². The number of hydrogen-bond acceptors (Lipinski definition) is 11. The smallest absolute Gasteiger partial charge is 0.306 e. The van der Waals surface area contributed by atoms with Crippen molar-refractivity contribution in [3.63, 3.8) is 0 Å². The summed E-state index contributed by atoms with van der Waals surface area (Å²) >= 11 is 0. The largest absolute Gasteiger partial charge is 0.462 e. The van der Waals surface area contributed by atoms with Crippen LogP contribution in [0.3, 0.4) is 0 Å². The van der Waals surface area contributed by atoms with Crippen molar-refractivity contribution in [1.29, 1.82) is 0 Å². The van der Waals surface area contributed by atoms with Crippen LogP contribution in [0.2, 0.25) is 0 Å². The number of ether oxygens (including phenoxy) is 4. The van der Waals surface area contributed by atoms with Crippen LogP contribution in [0.15, 0.2) is 12.2 Å². The summed E-state index contributed by atoms with van der Waals surface area (Å²) < 4.78 is 53.9. The van der Waals surface area contributed by atoms with E-state index in [0.717, 1.165) is 44.9 Å². The van der Waals surface area contributed by atoms with Crippen molar-refractivity contribution >= 4 is 22.1 Å². The molecule has 4 N–H and O–H groups in total. The van der Waals surface area contributed by atoms with Gasteiger partial charge in [-0.05, 0) is 38.5 Å². The van der Waals surface area contributed by atoms with Crippen molar-refractivity contribution in [2.45, 2.75) is 218 Å². The molecule has 0 aromatic carbocycles. The summed E-state index contributed by atoms with van der Waals surface area (Å²) in [6.45, 7) is 3.72. The fraction of sp³-hybridized carbons (Fsp3) is 0.902. The van der Waals surface area contributed by atoms with Gasteiger partial charge in [-0.25, -0.2) is 0 Å². The lowest BCUT2D eigenvalue weighted by Gasteiger charge is -2.40. The maximum atomic E-state index is 12.7. The van der Waals surface area contributed by atoms with Gasteiger partial charge in [0.05, 0.1) is 6.61 Å². The first-order valence-corrected chi connectivity index (χ1v) is 22.9. The summed E-state index contributed by atoms with van der Waals surface area (Å²) in [5, 5.41) is 30.8. The number of hydrogen-bond donors (Lipinski definition) is 4. The van der Waals surface area contributed by atoms with Crippen LogP contribution < -0.4 is 0 Å². The molecule has 0 aromatic rings. The third-order valence-corrected chi connectivity index (χ3v) is 10.6. The molecular formula is C41H76O12S. The molecule has 0 spiro atoms. The van der Waals surface area contributed by atoms with Gasteiger partial charge in [-0.15, -0.1) is 0 Å².